The van der Waals surface area contributed by atoms with Gasteiger partial charge in [0.1, 0.15) is 0 Å². The second kappa shape index (κ2) is 5.20. The van der Waals surface area contributed by atoms with Crippen LogP contribution in [0.4, 0.5) is 0 Å². The van der Waals surface area contributed by atoms with Gasteiger partial charge in [0.05, 0.1) is 19.3 Å². The molecule has 1 N–H and O–H groups in total. The highest BCUT2D eigenvalue weighted by Crippen LogP contribution is 2.69. The monoisotopic (exact) mass is 334 g/mol. The van der Waals surface area contributed by atoms with Gasteiger partial charge in [0.15, 0.2) is 5.79 Å². The lowest BCUT2D eigenvalue weighted by molar-refractivity contribution is -0.247. The van der Waals surface area contributed by atoms with E-state index >= 15 is 0 Å². The summed E-state index contributed by atoms with van der Waals surface area (Å²) in [4.78, 5) is 0. The second-order valence-electron chi connectivity index (χ2n) is 10.0. The number of rotatable bonds is 0. The summed E-state index contributed by atoms with van der Waals surface area (Å²) in [5.41, 5.74) is 0.693. The fourth-order valence-electron chi connectivity index (χ4n) is 8.12. The van der Waals surface area contributed by atoms with E-state index in [1.54, 1.807) is 0 Å². The topological polar surface area (TPSA) is 38.7 Å². The lowest BCUT2D eigenvalue weighted by Gasteiger charge is -2.61. The number of ether oxygens (including phenoxy) is 2. The molecule has 4 aliphatic carbocycles. The van der Waals surface area contributed by atoms with Crippen molar-refractivity contribution in [2.24, 2.45) is 34.5 Å². The molecule has 7 atom stereocenters. The van der Waals surface area contributed by atoms with Crippen LogP contribution in [0.5, 0.6) is 0 Å². The van der Waals surface area contributed by atoms with Crippen LogP contribution in [0.3, 0.4) is 0 Å². The van der Waals surface area contributed by atoms with Crippen molar-refractivity contribution in [3.05, 3.63) is 0 Å². The summed E-state index contributed by atoms with van der Waals surface area (Å²) in [6.45, 7) is 6.61. The lowest BCUT2D eigenvalue weighted by Crippen LogP contribution is -2.57. The first-order valence-corrected chi connectivity index (χ1v) is 10.4. The fourth-order valence-corrected chi connectivity index (χ4v) is 8.12. The summed E-state index contributed by atoms with van der Waals surface area (Å²) >= 11 is 0. The smallest absolute Gasteiger partial charge is 0.174 e. The molecule has 6 unspecified atom stereocenters. The van der Waals surface area contributed by atoms with E-state index in [4.69, 9.17) is 9.47 Å². The Morgan fingerprint density at radius 3 is 2.38 bits per heavy atom. The predicted molar refractivity (Wildman–Crippen MR) is 92.4 cm³/mol. The average molecular weight is 335 g/mol. The normalized spacial score (nSPS) is 55.9. The van der Waals surface area contributed by atoms with Gasteiger partial charge in [-0.25, -0.2) is 0 Å². The Morgan fingerprint density at radius 1 is 0.833 bits per heavy atom. The van der Waals surface area contributed by atoms with E-state index in [0.29, 0.717) is 5.41 Å². The van der Waals surface area contributed by atoms with Crippen molar-refractivity contribution in [1.29, 1.82) is 0 Å². The van der Waals surface area contributed by atoms with Crippen LogP contribution in [0.1, 0.15) is 71.6 Å². The van der Waals surface area contributed by atoms with Crippen LogP contribution in [-0.4, -0.2) is 30.2 Å². The number of aliphatic hydroxyl groups is 1. The first-order valence-electron chi connectivity index (χ1n) is 10.4. The average Bonchev–Trinajstić information content (AvgIpc) is 3.15. The van der Waals surface area contributed by atoms with Crippen molar-refractivity contribution in [2.45, 2.75) is 83.5 Å². The van der Waals surface area contributed by atoms with Crippen molar-refractivity contribution in [3.8, 4) is 0 Å². The standard InChI is InChI=1S/C21H34O3/c1-19-8-5-15(22)13-14(19)3-4-16-17(19)6-9-20(2)18(16)7-10-21(20)23-11-12-24-21/h14-18,22H,3-13H2,1-2H3/t14-,15?,16?,17?,18?,19?,20?/m0/s1. The Morgan fingerprint density at radius 2 is 1.58 bits per heavy atom. The number of hydrogen-bond acceptors (Lipinski definition) is 3. The van der Waals surface area contributed by atoms with E-state index in [9.17, 15) is 5.11 Å². The van der Waals surface area contributed by atoms with Gasteiger partial charge in [-0.05, 0) is 80.5 Å². The molecule has 0 aromatic heterocycles. The minimum absolute atomic E-state index is 0.0384. The second-order valence-corrected chi connectivity index (χ2v) is 10.0. The van der Waals surface area contributed by atoms with Crippen LogP contribution >= 0.6 is 0 Å². The molecule has 136 valence electrons. The van der Waals surface area contributed by atoms with Gasteiger partial charge in [0.2, 0.25) is 0 Å². The van der Waals surface area contributed by atoms with Crippen LogP contribution in [0.15, 0.2) is 0 Å². The van der Waals surface area contributed by atoms with Crippen molar-refractivity contribution < 1.29 is 14.6 Å². The molecular weight excluding hydrogens is 300 g/mol. The van der Waals surface area contributed by atoms with Crippen molar-refractivity contribution >= 4 is 0 Å². The SMILES string of the molecule is CC12CCC(O)C[C@@H]1CCC1C2CCC2(C)C1CCC21OCCO1. The Kier molecular flexibility index (Phi) is 3.49. The van der Waals surface area contributed by atoms with E-state index in [0.717, 1.165) is 56.1 Å². The molecule has 1 heterocycles. The van der Waals surface area contributed by atoms with Gasteiger partial charge < -0.3 is 14.6 Å². The molecule has 24 heavy (non-hydrogen) atoms. The zero-order chi connectivity index (χ0) is 16.6. The first-order chi connectivity index (χ1) is 11.5. The van der Waals surface area contributed by atoms with Gasteiger partial charge in [-0.15, -0.1) is 0 Å². The number of hydrogen-bond donors (Lipinski definition) is 1. The zero-order valence-corrected chi connectivity index (χ0v) is 15.4. The Hall–Kier alpha value is -0.120. The molecule has 0 bridgehead atoms. The minimum Gasteiger partial charge on any atom is -0.393 e. The largest absolute Gasteiger partial charge is 0.393 e. The third-order valence-corrected chi connectivity index (χ3v) is 9.44. The molecule has 0 aromatic carbocycles. The minimum atomic E-state index is -0.261. The summed E-state index contributed by atoms with van der Waals surface area (Å²) in [7, 11) is 0. The number of fused-ring (bicyclic) bond motifs is 6. The summed E-state index contributed by atoms with van der Waals surface area (Å²) in [5.74, 6) is 2.98. The molecule has 0 aromatic rings. The van der Waals surface area contributed by atoms with E-state index in [1.807, 2.05) is 0 Å². The maximum Gasteiger partial charge on any atom is 0.174 e. The van der Waals surface area contributed by atoms with Crippen molar-refractivity contribution in [2.75, 3.05) is 13.2 Å². The number of aliphatic hydroxyl groups excluding tert-OH is 1. The van der Waals surface area contributed by atoms with Gasteiger partial charge >= 0.3 is 0 Å². The van der Waals surface area contributed by atoms with Gasteiger partial charge in [-0.2, -0.15) is 0 Å². The molecule has 3 nitrogen and oxygen atoms in total. The molecule has 5 aliphatic rings. The van der Waals surface area contributed by atoms with Crippen LogP contribution in [0.25, 0.3) is 0 Å². The molecule has 3 heteroatoms. The molecule has 1 aliphatic heterocycles. The first kappa shape index (κ1) is 16.1. The van der Waals surface area contributed by atoms with E-state index in [-0.39, 0.29) is 17.3 Å². The maximum absolute atomic E-state index is 10.2. The molecule has 4 saturated carbocycles. The van der Waals surface area contributed by atoms with Gasteiger partial charge in [0, 0.05) is 11.8 Å². The van der Waals surface area contributed by atoms with Crippen LogP contribution < -0.4 is 0 Å². The highest BCUT2D eigenvalue weighted by Gasteiger charge is 2.67. The molecule has 1 saturated heterocycles. The summed E-state index contributed by atoms with van der Waals surface area (Å²) in [6.07, 6.45) is 11.0. The van der Waals surface area contributed by atoms with Crippen LogP contribution in [0, 0.1) is 34.5 Å². The van der Waals surface area contributed by atoms with E-state index in [2.05, 4.69) is 13.8 Å². The van der Waals surface area contributed by atoms with Crippen LogP contribution in [-0.2, 0) is 9.47 Å². The Labute approximate surface area is 146 Å². The third kappa shape index (κ3) is 1.90. The highest BCUT2D eigenvalue weighted by molar-refractivity contribution is 5.12. The molecule has 5 rings (SSSR count). The van der Waals surface area contributed by atoms with Gasteiger partial charge in [-0.3, -0.25) is 0 Å². The summed E-state index contributed by atoms with van der Waals surface area (Å²) < 4.78 is 12.5. The highest BCUT2D eigenvalue weighted by atomic mass is 16.7. The lowest BCUT2D eigenvalue weighted by atomic mass is 9.45. The molecule has 0 radical (unpaired) electrons. The predicted octanol–water partition coefficient (Wildman–Crippen LogP) is 4.13. The fraction of sp³-hybridized carbons (Fsp3) is 1.00. The molecular formula is C21H34O3. The maximum atomic E-state index is 10.2. The summed E-state index contributed by atoms with van der Waals surface area (Å²) in [6, 6.07) is 0. The quantitative estimate of drug-likeness (QED) is 0.724. The Balaban J connectivity index is 1.45. The molecule has 0 amide bonds. The zero-order valence-electron chi connectivity index (χ0n) is 15.4. The third-order valence-electron chi connectivity index (χ3n) is 9.44. The molecule has 5 fully saturated rings. The van der Waals surface area contributed by atoms with Gasteiger partial charge in [0.25, 0.3) is 0 Å². The van der Waals surface area contributed by atoms with Gasteiger partial charge in [-0.1, -0.05) is 13.8 Å². The van der Waals surface area contributed by atoms with Crippen molar-refractivity contribution in [1.82, 2.24) is 0 Å². The van der Waals surface area contributed by atoms with Crippen LogP contribution in [0.2, 0.25) is 0 Å². The molecule has 1 spiro atoms. The Bertz CT molecular complexity index is 513. The summed E-state index contributed by atoms with van der Waals surface area (Å²) in [5, 5.41) is 10.2. The van der Waals surface area contributed by atoms with E-state index in [1.165, 1.54) is 38.5 Å². The van der Waals surface area contributed by atoms with E-state index < -0.39 is 0 Å². The van der Waals surface area contributed by atoms with Crippen molar-refractivity contribution in [3.63, 3.8) is 0 Å².